The van der Waals surface area contributed by atoms with Crippen LogP contribution in [0, 0.1) is 11.8 Å². The van der Waals surface area contributed by atoms with Gasteiger partial charge in [0.1, 0.15) is 11.6 Å². The first-order chi connectivity index (χ1) is 14.5. The second-order valence-electron chi connectivity index (χ2n) is 8.70. The summed E-state index contributed by atoms with van der Waals surface area (Å²) in [5.41, 5.74) is -0.360. The third kappa shape index (κ3) is 3.46. The predicted molar refractivity (Wildman–Crippen MR) is 115 cm³/mol. The van der Waals surface area contributed by atoms with Gasteiger partial charge in [0.15, 0.2) is 0 Å². The van der Waals surface area contributed by atoms with Gasteiger partial charge in [-0.05, 0) is 37.5 Å². The maximum Gasteiger partial charge on any atom is 0.227 e. The number of aromatic nitrogens is 4. The number of nitrogens with one attached hydrogen (secondary N) is 1. The number of piperidine rings is 2. The number of aliphatic hydroxyl groups excluding tert-OH is 1. The van der Waals surface area contributed by atoms with Crippen molar-refractivity contribution in [2.75, 3.05) is 36.2 Å². The fraction of sp³-hybridized carbons (Fsp3) is 0.600. The van der Waals surface area contributed by atoms with Gasteiger partial charge in [0.25, 0.3) is 0 Å². The van der Waals surface area contributed by atoms with Crippen LogP contribution in [0.4, 0.5) is 11.8 Å². The highest BCUT2D eigenvalue weighted by Crippen LogP contribution is 2.51. The molecule has 4 aliphatic rings. The van der Waals surface area contributed by atoms with E-state index in [9.17, 15) is 9.32 Å². The smallest absolute Gasteiger partial charge is 0.227 e. The Morgan fingerprint density at radius 2 is 1.93 bits per heavy atom. The number of fused-ring (bicyclic) bond motifs is 2. The van der Waals surface area contributed by atoms with Crippen LogP contribution in [-0.4, -0.2) is 60.7 Å². The molecule has 4 heterocycles. The van der Waals surface area contributed by atoms with Gasteiger partial charge in [-0.3, -0.25) is 4.21 Å². The molecular formula is C20H25ClN6O2S. The maximum atomic E-state index is 12.2. The summed E-state index contributed by atoms with van der Waals surface area (Å²) in [5, 5.41) is 13.8. The number of nitrogens with zero attached hydrogens (tertiary/aromatic N) is 5. The number of hydrogen-bond acceptors (Lipinski definition) is 8. The van der Waals surface area contributed by atoms with E-state index in [1.807, 2.05) is 0 Å². The lowest BCUT2D eigenvalue weighted by atomic mass is 9.61. The third-order valence-corrected chi connectivity index (χ3v) is 7.91. The van der Waals surface area contributed by atoms with Crippen molar-refractivity contribution >= 4 is 34.2 Å². The van der Waals surface area contributed by atoms with E-state index in [0.29, 0.717) is 39.4 Å². The first kappa shape index (κ1) is 20.1. The van der Waals surface area contributed by atoms with E-state index in [0.717, 1.165) is 44.6 Å². The monoisotopic (exact) mass is 448 g/mol. The van der Waals surface area contributed by atoms with Gasteiger partial charge in [-0.2, -0.15) is 4.98 Å². The van der Waals surface area contributed by atoms with Gasteiger partial charge < -0.3 is 15.3 Å². The van der Waals surface area contributed by atoms with Gasteiger partial charge in [0.2, 0.25) is 5.95 Å². The van der Waals surface area contributed by atoms with Crippen LogP contribution in [0.3, 0.4) is 0 Å². The summed E-state index contributed by atoms with van der Waals surface area (Å²) >= 11 is 5.93. The van der Waals surface area contributed by atoms with E-state index < -0.39 is 10.8 Å². The molecule has 160 valence electrons. The van der Waals surface area contributed by atoms with Crippen molar-refractivity contribution in [3.63, 3.8) is 0 Å². The van der Waals surface area contributed by atoms with Crippen LogP contribution in [0.1, 0.15) is 37.4 Å². The van der Waals surface area contributed by atoms with E-state index in [4.69, 9.17) is 16.6 Å². The summed E-state index contributed by atoms with van der Waals surface area (Å²) in [5.74, 6) is 3.36. The van der Waals surface area contributed by atoms with Crippen LogP contribution in [0.2, 0.25) is 5.02 Å². The van der Waals surface area contributed by atoms with Crippen LogP contribution in [0.25, 0.3) is 0 Å². The molecule has 0 aromatic carbocycles. The number of aliphatic hydroxyl groups is 1. The van der Waals surface area contributed by atoms with Gasteiger partial charge in [-0.15, -0.1) is 0 Å². The molecule has 2 N–H and O–H groups in total. The largest absolute Gasteiger partial charge is 0.394 e. The Labute approximate surface area is 183 Å². The van der Waals surface area contributed by atoms with Crippen LogP contribution >= 0.6 is 11.6 Å². The van der Waals surface area contributed by atoms with E-state index in [2.05, 4.69) is 25.2 Å². The molecule has 6 rings (SSSR count). The Balaban J connectivity index is 1.36. The molecule has 2 bridgehead atoms. The topological polar surface area (TPSA) is 104 Å². The zero-order valence-corrected chi connectivity index (χ0v) is 18.4. The number of hydrogen-bond donors (Lipinski definition) is 2. The normalized spacial score (nSPS) is 27.7. The third-order valence-electron chi connectivity index (χ3n) is 6.80. The summed E-state index contributed by atoms with van der Waals surface area (Å²) in [6, 6.07) is 0. The first-order valence-electron chi connectivity index (χ1n) is 10.3. The molecule has 2 unspecified atom stereocenters. The minimum atomic E-state index is -1.21. The maximum absolute atomic E-state index is 12.2. The lowest BCUT2D eigenvalue weighted by Gasteiger charge is -2.52. The molecular weight excluding hydrogens is 424 g/mol. The fourth-order valence-electron chi connectivity index (χ4n) is 4.96. The Bertz CT molecular complexity index is 953. The average molecular weight is 449 g/mol. The zero-order chi connectivity index (χ0) is 20.9. The summed E-state index contributed by atoms with van der Waals surface area (Å²) < 4.78 is 12.2. The summed E-state index contributed by atoms with van der Waals surface area (Å²) in [6.07, 6.45) is 10.6. The number of halogens is 1. The van der Waals surface area contributed by atoms with Crippen LogP contribution in [0.5, 0.6) is 0 Å². The minimum Gasteiger partial charge on any atom is -0.394 e. The van der Waals surface area contributed by atoms with Crippen LogP contribution in [0.15, 0.2) is 23.5 Å². The molecule has 2 aliphatic carbocycles. The number of rotatable bonds is 6. The molecule has 2 aromatic heterocycles. The second kappa shape index (κ2) is 7.69. The molecule has 2 aromatic rings. The molecule has 30 heavy (non-hydrogen) atoms. The Hall–Kier alpha value is -1.84. The van der Waals surface area contributed by atoms with Crippen molar-refractivity contribution in [3.05, 3.63) is 29.4 Å². The fourth-order valence-corrected chi connectivity index (χ4v) is 5.63. The lowest BCUT2D eigenvalue weighted by Crippen LogP contribution is -2.55. The SMILES string of the molecule is C[S@@](=O)c1cnc(N2CC3CC(C2)C3c2ncc(Cl)cn2)nc1NC1(CO)CCC1. The second-order valence-corrected chi connectivity index (χ2v) is 10.5. The van der Waals surface area contributed by atoms with E-state index in [1.54, 1.807) is 24.8 Å². The highest BCUT2D eigenvalue weighted by molar-refractivity contribution is 7.84. The average Bonchev–Trinajstić information content (AvgIpc) is 2.72. The van der Waals surface area contributed by atoms with Crippen LogP contribution < -0.4 is 10.2 Å². The molecule has 10 heteroatoms. The van der Waals surface area contributed by atoms with Gasteiger partial charge >= 0.3 is 0 Å². The van der Waals surface area contributed by atoms with Crippen molar-refractivity contribution in [1.82, 2.24) is 19.9 Å². The summed E-state index contributed by atoms with van der Waals surface area (Å²) in [6.45, 7) is 1.72. The highest BCUT2D eigenvalue weighted by atomic mass is 35.5. The molecule has 8 nitrogen and oxygen atoms in total. The standard InChI is InChI=1S/C20H25ClN6O2S/c1-30(29)15-8-24-19(25-17(15)26-20(11-28)3-2-4-20)27-9-12-5-13(10-27)16(12)18-22-6-14(21)7-23-18/h6-8,12-13,16,28H,2-5,9-11H2,1H3,(H,24,25,26)/t12?,13?,16?,30-/m1/s1. The van der Waals surface area contributed by atoms with Crippen molar-refractivity contribution in [3.8, 4) is 0 Å². The van der Waals surface area contributed by atoms with Gasteiger partial charge in [0, 0.05) is 37.7 Å². The number of anilines is 2. The van der Waals surface area contributed by atoms with Crippen LogP contribution in [-0.2, 0) is 10.8 Å². The predicted octanol–water partition coefficient (Wildman–Crippen LogP) is 2.22. The van der Waals surface area contributed by atoms with E-state index in [-0.39, 0.29) is 12.1 Å². The van der Waals surface area contributed by atoms with Crippen molar-refractivity contribution < 1.29 is 9.32 Å². The minimum absolute atomic E-state index is 0.0404. The zero-order valence-electron chi connectivity index (χ0n) is 16.8. The van der Waals surface area contributed by atoms with Crippen molar-refractivity contribution in [2.24, 2.45) is 11.8 Å². The molecule has 0 radical (unpaired) electrons. The molecule has 0 spiro atoms. The molecule has 2 saturated carbocycles. The van der Waals surface area contributed by atoms with Gasteiger partial charge in [-0.25, -0.2) is 15.0 Å². The first-order valence-corrected chi connectivity index (χ1v) is 12.2. The van der Waals surface area contributed by atoms with Crippen molar-refractivity contribution in [1.29, 1.82) is 0 Å². The Morgan fingerprint density at radius 3 is 2.50 bits per heavy atom. The molecule has 0 amide bonds. The molecule has 4 fully saturated rings. The highest BCUT2D eigenvalue weighted by Gasteiger charge is 2.49. The Morgan fingerprint density at radius 1 is 1.23 bits per heavy atom. The van der Waals surface area contributed by atoms with Gasteiger partial charge in [-0.1, -0.05) is 11.6 Å². The van der Waals surface area contributed by atoms with E-state index in [1.165, 1.54) is 0 Å². The van der Waals surface area contributed by atoms with Gasteiger partial charge in [0.05, 0.1) is 39.1 Å². The summed E-state index contributed by atoms with van der Waals surface area (Å²) in [4.78, 5) is 20.9. The Kier molecular flexibility index (Phi) is 5.15. The quantitative estimate of drug-likeness (QED) is 0.693. The summed E-state index contributed by atoms with van der Waals surface area (Å²) in [7, 11) is -1.21. The molecule has 3 atom stereocenters. The molecule has 2 saturated heterocycles. The van der Waals surface area contributed by atoms with Crippen molar-refractivity contribution in [2.45, 2.75) is 42.0 Å². The van der Waals surface area contributed by atoms with E-state index >= 15 is 0 Å². The lowest BCUT2D eigenvalue weighted by molar-refractivity contribution is 0.104. The molecule has 2 aliphatic heterocycles.